The minimum absolute atomic E-state index is 0.0771. The molecule has 0 aromatic carbocycles. The van der Waals surface area contributed by atoms with Crippen LogP contribution in [0.5, 0.6) is 5.75 Å². The molecule has 0 saturated carbocycles. The highest BCUT2D eigenvalue weighted by molar-refractivity contribution is 6.31. The molecule has 0 atom stereocenters. The number of halogens is 1. The van der Waals surface area contributed by atoms with Crippen molar-refractivity contribution in [3.05, 3.63) is 53.9 Å². The highest BCUT2D eigenvalue weighted by atomic mass is 35.5. The van der Waals surface area contributed by atoms with E-state index in [1.807, 2.05) is 30.3 Å². The molecule has 4 aromatic heterocycles. The molecule has 0 aliphatic carbocycles. The first-order chi connectivity index (χ1) is 17.5. The second kappa shape index (κ2) is 10.6. The van der Waals surface area contributed by atoms with E-state index in [0.29, 0.717) is 23.1 Å². The van der Waals surface area contributed by atoms with Crippen LogP contribution in [0.3, 0.4) is 0 Å². The summed E-state index contributed by atoms with van der Waals surface area (Å²) in [6.07, 6.45) is 4.97. The Labute approximate surface area is 214 Å². The largest absolute Gasteiger partial charge is 0.495 e. The minimum Gasteiger partial charge on any atom is -0.495 e. The standard InChI is InChI=1S/C26H28ClN7O2/c1-3-33-8-10-34(11-9-33)16-23(35)32-22-12-17(6-7-28-22)25-24(20-5-4-19(36-2)15-29-20)26-21(31-25)13-18(27)14-30-26/h4-7,12-15,31H,3,8-11,16H2,1-2H3,(H,28,32,35). The van der Waals surface area contributed by atoms with E-state index in [9.17, 15) is 4.79 Å². The van der Waals surface area contributed by atoms with Crippen molar-refractivity contribution in [2.75, 3.05) is 51.7 Å². The third-order valence-electron chi connectivity index (χ3n) is 6.42. The quantitative estimate of drug-likeness (QED) is 0.392. The predicted molar refractivity (Wildman–Crippen MR) is 141 cm³/mol. The van der Waals surface area contributed by atoms with Crippen LogP contribution >= 0.6 is 11.6 Å². The summed E-state index contributed by atoms with van der Waals surface area (Å²) >= 11 is 6.21. The van der Waals surface area contributed by atoms with Crippen LogP contribution in [0.2, 0.25) is 5.02 Å². The number of ether oxygens (including phenoxy) is 1. The maximum atomic E-state index is 12.7. The van der Waals surface area contributed by atoms with Crippen LogP contribution < -0.4 is 10.1 Å². The van der Waals surface area contributed by atoms with Gasteiger partial charge in [-0.3, -0.25) is 19.7 Å². The first-order valence-corrected chi connectivity index (χ1v) is 12.3. The summed E-state index contributed by atoms with van der Waals surface area (Å²) < 4.78 is 5.27. The molecule has 5 heterocycles. The van der Waals surface area contributed by atoms with Gasteiger partial charge in [0.2, 0.25) is 5.91 Å². The number of methoxy groups -OCH3 is 1. The number of carbonyl (C=O) groups excluding carboxylic acids is 1. The van der Waals surface area contributed by atoms with Crippen molar-refractivity contribution in [1.29, 1.82) is 0 Å². The number of likely N-dealkylation sites (N-methyl/N-ethyl adjacent to an activating group) is 1. The number of carbonyl (C=O) groups is 1. The van der Waals surface area contributed by atoms with Crippen LogP contribution in [0.15, 0.2) is 48.9 Å². The number of aromatic amines is 1. The molecule has 10 heteroatoms. The van der Waals surface area contributed by atoms with E-state index in [4.69, 9.17) is 16.3 Å². The van der Waals surface area contributed by atoms with Gasteiger partial charge in [0.1, 0.15) is 11.6 Å². The number of hydrogen-bond donors (Lipinski definition) is 2. The molecule has 2 N–H and O–H groups in total. The molecule has 9 nitrogen and oxygen atoms in total. The number of amides is 1. The highest BCUT2D eigenvalue weighted by Crippen LogP contribution is 2.37. The van der Waals surface area contributed by atoms with Crippen LogP contribution in [0.25, 0.3) is 33.5 Å². The Morgan fingerprint density at radius 2 is 1.89 bits per heavy atom. The molecular formula is C26H28ClN7O2. The van der Waals surface area contributed by atoms with Crippen molar-refractivity contribution in [1.82, 2.24) is 29.7 Å². The Morgan fingerprint density at radius 1 is 1.08 bits per heavy atom. The fraction of sp³-hybridized carbons (Fsp3) is 0.308. The molecule has 0 spiro atoms. The average molecular weight is 506 g/mol. The third kappa shape index (κ3) is 5.18. The summed E-state index contributed by atoms with van der Waals surface area (Å²) in [5.74, 6) is 1.08. The van der Waals surface area contributed by atoms with E-state index in [2.05, 4.69) is 42.0 Å². The van der Waals surface area contributed by atoms with Gasteiger partial charge >= 0.3 is 0 Å². The van der Waals surface area contributed by atoms with E-state index in [0.717, 1.165) is 66.3 Å². The van der Waals surface area contributed by atoms with Crippen LogP contribution in [0.1, 0.15) is 6.92 Å². The number of pyridine rings is 3. The number of piperazine rings is 1. The second-order valence-electron chi connectivity index (χ2n) is 8.70. The number of fused-ring (bicyclic) bond motifs is 1. The normalized spacial score (nSPS) is 14.8. The summed E-state index contributed by atoms with van der Waals surface area (Å²) in [7, 11) is 1.61. The number of nitrogens with zero attached hydrogens (tertiary/aromatic N) is 5. The summed E-state index contributed by atoms with van der Waals surface area (Å²) in [5, 5.41) is 3.49. The minimum atomic E-state index is -0.0771. The zero-order valence-corrected chi connectivity index (χ0v) is 21.0. The van der Waals surface area contributed by atoms with Gasteiger partial charge in [0.05, 0.1) is 52.9 Å². The fourth-order valence-electron chi connectivity index (χ4n) is 4.47. The van der Waals surface area contributed by atoms with Crippen LogP contribution in [-0.4, -0.2) is 82.0 Å². The topological polar surface area (TPSA) is 99.3 Å². The zero-order chi connectivity index (χ0) is 25.1. The van der Waals surface area contributed by atoms with Crippen molar-refractivity contribution < 1.29 is 9.53 Å². The lowest BCUT2D eigenvalue weighted by Crippen LogP contribution is -2.48. The predicted octanol–water partition coefficient (Wildman–Crippen LogP) is 3.92. The van der Waals surface area contributed by atoms with Gasteiger partial charge in [0.25, 0.3) is 0 Å². The summed E-state index contributed by atoms with van der Waals surface area (Å²) in [5.41, 5.74) is 4.77. The van der Waals surface area contributed by atoms with Gasteiger partial charge in [-0.25, -0.2) is 4.98 Å². The Hall–Kier alpha value is -3.53. The Kier molecular flexibility index (Phi) is 7.13. The smallest absolute Gasteiger partial charge is 0.239 e. The highest BCUT2D eigenvalue weighted by Gasteiger charge is 2.20. The van der Waals surface area contributed by atoms with Gasteiger partial charge in [-0.15, -0.1) is 0 Å². The molecule has 4 aromatic rings. The van der Waals surface area contributed by atoms with Gasteiger partial charge < -0.3 is 19.9 Å². The molecule has 5 rings (SSSR count). The van der Waals surface area contributed by atoms with Crippen LogP contribution in [-0.2, 0) is 4.79 Å². The average Bonchev–Trinajstić information content (AvgIpc) is 3.28. The van der Waals surface area contributed by atoms with Crippen molar-refractivity contribution >= 4 is 34.4 Å². The molecule has 1 aliphatic heterocycles. The van der Waals surface area contributed by atoms with Crippen LogP contribution in [0.4, 0.5) is 5.82 Å². The molecule has 0 radical (unpaired) electrons. The molecule has 1 amide bonds. The molecule has 186 valence electrons. The number of aromatic nitrogens is 4. The van der Waals surface area contributed by atoms with Gasteiger partial charge in [-0.2, -0.15) is 0 Å². The van der Waals surface area contributed by atoms with E-state index in [1.54, 1.807) is 25.7 Å². The maximum Gasteiger partial charge on any atom is 0.239 e. The maximum absolute atomic E-state index is 12.7. The third-order valence-corrected chi connectivity index (χ3v) is 6.63. The van der Waals surface area contributed by atoms with Gasteiger partial charge in [-0.1, -0.05) is 18.5 Å². The van der Waals surface area contributed by atoms with Gasteiger partial charge in [0, 0.05) is 44.1 Å². The summed E-state index contributed by atoms with van der Waals surface area (Å²) in [6.45, 7) is 7.29. The number of rotatable bonds is 7. The van der Waals surface area contributed by atoms with Crippen LogP contribution in [0, 0.1) is 0 Å². The lowest BCUT2D eigenvalue weighted by molar-refractivity contribution is -0.117. The lowest BCUT2D eigenvalue weighted by Gasteiger charge is -2.33. The molecule has 1 saturated heterocycles. The van der Waals surface area contributed by atoms with Gasteiger partial charge in [-0.05, 0) is 36.9 Å². The molecule has 0 bridgehead atoms. The van der Waals surface area contributed by atoms with Crippen molar-refractivity contribution in [3.63, 3.8) is 0 Å². The lowest BCUT2D eigenvalue weighted by atomic mass is 10.0. The van der Waals surface area contributed by atoms with Gasteiger partial charge in [0.15, 0.2) is 0 Å². The van der Waals surface area contributed by atoms with E-state index in [1.165, 1.54) is 0 Å². The number of nitrogens with one attached hydrogen (secondary N) is 2. The Bertz CT molecular complexity index is 1360. The molecule has 36 heavy (non-hydrogen) atoms. The monoisotopic (exact) mass is 505 g/mol. The second-order valence-corrected chi connectivity index (χ2v) is 9.13. The van der Waals surface area contributed by atoms with E-state index < -0.39 is 0 Å². The molecule has 0 unspecified atom stereocenters. The number of H-pyrrole nitrogens is 1. The zero-order valence-electron chi connectivity index (χ0n) is 20.3. The number of hydrogen-bond acceptors (Lipinski definition) is 7. The first-order valence-electron chi connectivity index (χ1n) is 11.9. The first kappa shape index (κ1) is 24.2. The molecule has 1 aliphatic rings. The van der Waals surface area contributed by atoms with E-state index in [-0.39, 0.29) is 5.91 Å². The fourth-order valence-corrected chi connectivity index (χ4v) is 4.63. The molecular weight excluding hydrogens is 478 g/mol. The van der Waals surface area contributed by atoms with Crippen molar-refractivity contribution in [2.45, 2.75) is 6.92 Å². The number of anilines is 1. The summed E-state index contributed by atoms with van der Waals surface area (Å²) in [4.78, 5) is 34.3. The summed E-state index contributed by atoms with van der Waals surface area (Å²) in [6, 6.07) is 9.33. The Balaban J connectivity index is 1.42. The van der Waals surface area contributed by atoms with Crippen molar-refractivity contribution in [2.24, 2.45) is 0 Å². The Morgan fingerprint density at radius 3 is 2.61 bits per heavy atom. The molecule has 1 fully saturated rings. The van der Waals surface area contributed by atoms with Crippen molar-refractivity contribution in [3.8, 4) is 28.3 Å². The van der Waals surface area contributed by atoms with E-state index >= 15 is 0 Å². The SMILES string of the molecule is CCN1CCN(CC(=O)Nc2cc(-c3[nH]c4cc(Cl)cnc4c3-c3ccc(OC)cn3)ccn2)CC1.